The molecule has 1 aliphatic carbocycles. The van der Waals surface area contributed by atoms with E-state index in [1.165, 1.54) is 55.3 Å². The van der Waals surface area contributed by atoms with Gasteiger partial charge in [0, 0.05) is 39.2 Å². The lowest BCUT2D eigenvalue weighted by atomic mass is 9.82. The average molecular weight is 735 g/mol. The Morgan fingerprint density at radius 2 is 0.947 bits per heavy atom. The topological polar surface area (TPSA) is 6.48 Å². The predicted molar refractivity (Wildman–Crippen MR) is 245 cm³/mol. The highest BCUT2D eigenvalue weighted by Crippen LogP contribution is 2.49. The SMILES string of the molecule is C/C=C\C1=C(C)C(C)(C)c2cc(N(c3ccccc3)c3ccc(-c4cccc(-c5ccc(N(c6ccccc6)c6cccc7ccccc67)cc5)c4)cc3)ccc21. The molecule has 9 rings (SSSR count). The zero-order chi connectivity index (χ0) is 38.9. The average Bonchev–Trinajstić information content (AvgIpc) is 3.45. The number of rotatable bonds is 9. The fraction of sp³-hybridized carbons (Fsp3) is 0.0909. The Morgan fingerprint density at radius 1 is 0.439 bits per heavy atom. The van der Waals surface area contributed by atoms with Crippen LogP contribution in [0.1, 0.15) is 38.8 Å². The van der Waals surface area contributed by atoms with Crippen LogP contribution in [0.2, 0.25) is 0 Å². The first-order valence-corrected chi connectivity index (χ1v) is 19.9. The Balaban J connectivity index is 1.03. The summed E-state index contributed by atoms with van der Waals surface area (Å²) >= 11 is 0. The van der Waals surface area contributed by atoms with Gasteiger partial charge < -0.3 is 9.80 Å². The minimum absolute atomic E-state index is 0.0458. The van der Waals surface area contributed by atoms with Crippen LogP contribution in [0.25, 0.3) is 38.6 Å². The molecule has 0 aliphatic heterocycles. The normalized spacial score (nSPS) is 13.3. The predicted octanol–water partition coefficient (Wildman–Crippen LogP) is 15.8. The molecule has 2 heteroatoms. The van der Waals surface area contributed by atoms with Gasteiger partial charge in [0.2, 0.25) is 0 Å². The maximum absolute atomic E-state index is 2.39. The molecule has 57 heavy (non-hydrogen) atoms. The van der Waals surface area contributed by atoms with E-state index in [1.807, 2.05) is 0 Å². The molecule has 276 valence electrons. The lowest BCUT2D eigenvalue weighted by Gasteiger charge is -2.28. The van der Waals surface area contributed by atoms with Crippen molar-refractivity contribution in [2.24, 2.45) is 0 Å². The van der Waals surface area contributed by atoms with Crippen LogP contribution in [-0.2, 0) is 5.41 Å². The van der Waals surface area contributed by atoms with Crippen molar-refractivity contribution in [3.8, 4) is 22.3 Å². The Labute approximate surface area is 337 Å². The first-order valence-electron chi connectivity index (χ1n) is 19.9. The molecule has 0 bridgehead atoms. The molecule has 1 aliphatic rings. The van der Waals surface area contributed by atoms with E-state index in [9.17, 15) is 0 Å². The molecule has 2 nitrogen and oxygen atoms in total. The molecule has 0 heterocycles. The van der Waals surface area contributed by atoms with Crippen molar-refractivity contribution in [3.05, 3.63) is 223 Å². The van der Waals surface area contributed by atoms with Crippen molar-refractivity contribution in [1.82, 2.24) is 0 Å². The Bertz CT molecular complexity index is 2750. The summed E-state index contributed by atoms with van der Waals surface area (Å²) in [5, 5.41) is 2.45. The molecular formula is C55H46N2. The highest BCUT2D eigenvalue weighted by molar-refractivity contribution is 5.99. The minimum Gasteiger partial charge on any atom is -0.310 e. The van der Waals surface area contributed by atoms with Gasteiger partial charge in [-0.05, 0) is 131 Å². The second-order valence-electron chi connectivity index (χ2n) is 15.4. The summed E-state index contributed by atoms with van der Waals surface area (Å²) in [6.45, 7) is 9.07. The van der Waals surface area contributed by atoms with Crippen molar-refractivity contribution < 1.29 is 0 Å². The van der Waals surface area contributed by atoms with Gasteiger partial charge in [-0.3, -0.25) is 0 Å². The third-order valence-electron chi connectivity index (χ3n) is 11.7. The fourth-order valence-corrected chi connectivity index (χ4v) is 8.46. The van der Waals surface area contributed by atoms with Crippen LogP contribution in [0.15, 0.2) is 212 Å². The fourth-order valence-electron chi connectivity index (χ4n) is 8.46. The van der Waals surface area contributed by atoms with Crippen molar-refractivity contribution in [1.29, 1.82) is 0 Å². The summed E-state index contributed by atoms with van der Waals surface area (Å²) in [7, 11) is 0. The number of hydrogen-bond donors (Lipinski definition) is 0. The molecular weight excluding hydrogens is 689 g/mol. The van der Waals surface area contributed by atoms with Gasteiger partial charge in [0.25, 0.3) is 0 Å². The van der Waals surface area contributed by atoms with E-state index in [2.05, 4.69) is 244 Å². The zero-order valence-corrected chi connectivity index (χ0v) is 33.0. The van der Waals surface area contributed by atoms with E-state index in [0.29, 0.717) is 0 Å². The third-order valence-corrected chi connectivity index (χ3v) is 11.7. The van der Waals surface area contributed by atoms with E-state index < -0.39 is 0 Å². The van der Waals surface area contributed by atoms with Gasteiger partial charge in [0.05, 0.1) is 5.69 Å². The quantitative estimate of drug-likeness (QED) is 0.146. The van der Waals surface area contributed by atoms with Crippen LogP contribution in [0.4, 0.5) is 34.1 Å². The molecule has 0 unspecified atom stereocenters. The molecule has 0 amide bonds. The maximum Gasteiger partial charge on any atom is 0.0540 e. The summed E-state index contributed by atoms with van der Waals surface area (Å²) in [6, 6.07) is 70.3. The largest absolute Gasteiger partial charge is 0.310 e. The van der Waals surface area contributed by atoms with Crippen LogP contribution in [0.5, 0.6) is 0 Å². The highest BCUT2D eigenvalue weighted by atomic mass is 15.1. The maximum atomic E-state index is 2.39. The van der Waals surface area contributed by atoms with Gasteiger partial charge in [0.15, 0.2) is 0 Å². The van der Waals surface area contributed by atoms with Crippen LogP contribution < -0.4 is 9.80 Å². The molecule has 0 saturated carbocycles. The van der Waals surface area contributed by atoms with E-state index in [1.54, 1.807) is 0 Å². The number of para-hydroxylation sites is 2. The Morgan fingerprint density at radius 3 is 1.58 bits per heavy atom. The zero-order valence-electron chi connectivity index (χ0n) is 33.0. The molecule has 8 aromatic carbocycles. The Kier molecular flexibility index (Phi) is 9.40. The number of hydrogen-bond acceptors (Lipinski definition) is 2. The lowest BCUT2D eigenvalue weighted by Crippen LogP contribution is -2.17. The lowest BCUT2D eigenvalue weighted by molar-refractivity contribution is 0.639. The monoisotopic (exact) mass is 734 g/mol. The smallest absolute Gasteiger partial charge is 0.0540 e. The van der Waals surface area contributed by atoms with E-state index in [-0.39, 0.29) is 5.41 Å². The number of benzene rings is 8. The van der Waals surface area contributed by atoms with Gasteiger partial charge >= 0.3 is 0 Å². The summed E-state index contributed by atoms with van der Waals surface area (Å²) in [5.41, 5.74) is 17.0. The summed E-state index contributed by atoms with van der Waals surface area (Å²) < 4.78 is 0. The van der Waals surface area contributed by atoms with Crippen LogP contribution in [-0.4, -0.2) is 0 Å². The van der Waals surface area contributed by atoms with E-state index in [0.717, 1.165) is 34.1 Å². The summed E-state index contributed by atoms with van der Waals surface area (Å²) in [5.74, 6) is 0. The molecule has 0 atom stereocenters. The van der Waals surface area contributed by atoms with Gasteiger partial charge in [-0.1, -0.05) is 153 Å². The molecule has 0 saturated heterocycles. The summed E-state index contributed by atoms with van der Waals surface area (Å²) in [6.07, 6.45) is 4.41. The minimum atomic E-state index is -0.0458. The molecule has 0 spiro atoms. The third kappa shape index (κ3) is 6.64. The van der Waals surface area contributed by atoms with Crippen molar-refractivity contribution in [2.75, 3.05) is 9.80 Å². The molecule has 8 aromatic rings. The van der Waals surface area contributed by atoms with Gasteiger partial charge in [-0.25, -0.2) is 0 Å². The second kappa shape index (κ2) is 15.0. The summed E-state index contributed by atoms with van der Waals surface area (Å²) in [4.78, 5) is 4.73. The van der Waals surface area contributed by atoms with Gasteiger partial charge in [0.1, 0.15) is 0 Å². The molecule has 0 radical (unpaired) electrons. The van der Waals surface area contributed by atoms with Gasteiger partial charge in [-0.15, -0.1) is 0 Å². The first kappa shape index (κ1) is 35.8. The second-order valence-corrected chi connectivity index (χ2v) is 15.4. The number of anilines is 6. The number of nitrogens with zero attached hydrogens (tertiary/aromatic N) is 2. The van der Waals surface area contributed by atoms with Gasteiger partial charge in [-0.2, -0.15) is 0 Å². The molecule has 0 fully saturated rings. The van der Waals surface area contributed by atoms with Crippen LogP contribution in [0, 0.1) is 0 Å². The molecule has 0 aromatic heterocycles. The van der Waals surface area contributed by atoms with Crippen LogP contribution in [0.3, 0.4) is 0 Å². The first-order chi connectivity index (χ1) is 27.9. The standard InChI is InChI=1S/C55H46N2/c1-5-16-50-39(2)55(3,4)53-38-49(35-36-52(50)53)56(45-21-8-6-9-22-45)47-31-27-40(28-32-47)43-19-14-20-44(37-43)41-29-33-48(34-30-41)57(46-23-10-7-11-24-46)54-26-15-18-42-17-12-13-25-51(42)54/h5-38H,1-4H3/b16-5-. The van der Waals surface area contributed by atoms with Crippen molar-refractivity contribution in [2.45, 2.75) is 33.1 Å². The van der Waals surface area contributed by atoms with Crippen molar-refractivity contribution >= 4 is 50.5 Å². The molecule has 0 N–H and O–H groups in total. The Hall–Kier alpha value is -6.90. The van der Waals surface area contributed by atoms with Crippen LogP contribution >= 0.6 is 0 Å². The van der Waals surface area contributed by atoms with Crippen molar-refractivity contribution in [3.63, 3.8) is 0 Å². The number of allylic oxidation sites excluding steroid dienone is 4. The number of fused-ring (bicyclic) bond motifs is 2. The highest BCUT2D eigenvalue weighted by Gasteiger charge is 2.35. The van der Waals surface area contributed by atoms with E-state index in [4.69, 9.17) is 0 Å². The van der Waals surface area contributed by atoms with E-state index >= 15 is 0 Å².